The smallest absolute Gasteiger partial charge is 0.241 e. The van der Waals surface area contributed by atoms with Crippen LogP contribution >= 0.6 is 24.0 Å². The zero-order chi connectivity index (χ0) is 16.4. The summed E-state index contributed by atoms with van der Waals surface area (Å²) < 4.78 is 36.5. The largest absolute Gasteiger partial charge is 0.350 e. The number of halogens is 3. The molecule has 1 fully saturated rings. The van der Waals surface area contributed by atoms with Crippen LogP contribution in [-0.4, -0.2) is 38.4 Å². The molecule has 0 spiro atoms. The van der Waals surface area contributed by atoms with Crippen LogP contribution < -0.4 is 10.6 Å². The molecule has 2 N–H and O–H groups in total. The summed E-state index contributed by atoms with van der Waals surface area (Å²) in [4.78, 5) is 12.5. The summed E-state index contributed by atoms with van der Waals surface area (Å²) in [5.74, 6) is -1.14. The fourth-order valence-corrected chi connectivity index (χ4v) is 4.21. The second-order valence-corrected chi connectivity index (χ2v) is 8.13. The lowest BCUT2D eigenvalue weighted by atomic mass is 9.95. The minimum absolute atomic E-state index is 0. The Balaban J connectivity index is 0.00000264. The van der Waals surface area contributed by atoms with Crippen LogP contribution in [0.25, 0.3) is 0 Å². The van der Waals surface area contributed by atoms with Crippen molar-refractivity contribution in [3.05, 3.63) is 34.6 Å². The van der Waals surface area contributed by atoms with E-state index >= 15 is 0 Å². The van der Waals surface area contributed by atoms with Crippen LogP contribution in [0.3, 0.4) is 0 Å². The van der Waals surface area contributed by atoms with Gasteiger partial charge in [-0.1, -0.05) is 17.7 Å². The van der Waals surface area contributed by atoms with Crippen molar-refractivity contribution in [2.24, 2.45) is 0 Å². The molecule has 0 unspecified atom stereocenters. The molecular weight excluding hydrogens is 366 g/mol. The number of benzene rings is 1. The Labute approximate surface area is 146 Å². The van der Waals surface area contributed by atoms with E-state index in [4.69, 9.17) is 11.6 Å². The van der Waals surface area contributed by atoms with Gasteiger partial charge in [-0.25, -0.2) is 12.8 Å². The van der Waals surface area contributed by atoms with Crippen molar-refractivity contribution < 1.29 is 17.6 Å². The third-order valence-electron chi connectivity index (χ3n) is 4.02. The van der Waals surface area contributed by atoms with Crippen molar-refractivity contribution in [2.75, 3.05) is 19.3 Å². The minimum Gasteiger partial charge on any atom is -0.350 e. The van der Waals surface area contributed by atoms with Crippen LogP contribution in [0.5, 0.6) is 0 Å². The van der Waals surface area contributed by atoms with Crippen molar-refractivity contribution in [1.29, 1.82) is 0 Å². The molecule has 130 valence electrons. The van der Waals surface area contributed by atoms with Gasteiger partial charge in [0.25, 0.3) is 0 Å². The first-order chi connectivity index (χ1) is 10.3. The molecule has 5 nitrogen and oxygen atoms in total. The van der Waals surface area contributed by atoms with Gasteiger partial charge in [0.2, 0.25) is 5.91 Å². The fraction of sp³-hybridized carbons (Fsp3) is 0.500. The van der Waals surface area contributed by atoms with E-state index in [1.54, 1.807) is 0 Å². The number of carbonyl (C=O) groups is 1. The Morgan fingerprint density at radius 1 is 1.39 bits per heavy atom. The maximum absolute atomic E-state index is 13.7. The zero-order valence-corrected chi connectivity index (χ0v) is 15.0. The number of carbonyl (C=O) groups excluding carboxylic acids is 1. The van der Waals surface area contributed by atoms with Crippen LogP contribution in [0.1, 0.15) is 18.4 Å². The van der Waals surface area contributed by atoms with Gasteiger partial charge < -0.3 is 10.6 Å². The SMILES string of the molecule is CS(=O)(=O)C1(C(=O)NCc2c(F)cccc2Cl)CCNCC1.Cl. The van der Waals surface area contributed by atoms with E-state index in [2.05, 4.69) is 10.6 Å². The average Bonchev–Trinajstić information content (AvgIpc) is 2.46. The lowest BCUT2D eigenvalue weighted by Gasteiger charge is -2.34. The Bertz CT molecular complexity index is 656. The third kappa shape index (κ3) is 4.15. The summed E-state index contributed by atoms with van der Waals surface area (Å²) in [6.07, 6.45) is 1.46. The third-order valence-corrected chi connectivity index (χ3v) is 6.39. The van der Waals surface area contributed by atoms with E-state index < -0.39 is 26.3 Å². The highest BCUT2D eigenvalue weighted by atomic mass is 35.5. The number of sulfone groups is 1. The maximum Gasteiger partial charge on any atom is 0.241 e. The van der Waals surface area contributed by atoms with Gasteiger partial charge >= 0.3 is 0 Å². The topological polar surface area (TPSA) is 75.3 Å². The number of hydrogen-bond donors (Lipinski definition) is 2. The molecule has 2 rings (SSSR count). The van der Waals surface area contributed by atoms with Crippen LogP contribution in [0, 0.1) is 5.82 Å². The molecule has 0 saturated carbocycles. The van der Waals surface area contributed by atoms with Gasteiger partial charge in [0.1, 0.15) is 5.82 Å². The molecule has 1 aromatic carbocycles. The summed E-state index contributed by atoms with van der Waals surface area (Å²) in [5.41, 5.74) is 0.148. The molecule has 0 atom stereocenters. The molecule has 1 aromatic rings. The van der Waals surface area contributed by atoms with E-state index in [0.717, 1.165) is 6.26 Å². The number of nitrogens with one attached hydrogen (secondary N) is 2. The predicted molar refractivity (Wildman–Crippen MR) is 90.2 cm³/mol. The summed E-state index contributed by atoms with van der Waals surface area (Å²) in [6, 6.07) is 4.22. The highest BCUT2D eigenvalue weighted by molar-refractivity contribution is 7.92. The molecule has 1 heterocycles. The first-order valence-corrected chi connectivity index (χ1v) is 9.16. The van der Waals surface area contributed by atoms with Gasteiger partial charge in [0, 0.05) is 23.4 Å². The molecule has 0 bridgehead atoms. The Hall–Kier alpha value is -0.890. The monoisotopic (exact) mass is 384 g/mol. The second kappa shape index (κ2) is 7.79. The molecule has 1 saturated heterocycles. The first-order valence-electron chi connectivity index (χ1n) is 6.89. The standard InChI is InChI=1S/C14H18ClFN2O3S.ClH/c1-22(20,21)14(5-7-17-8-6-14)13(19)18-9-10-11(15)3-2-4-12(10)16;/h2-4,17H,5-9H2,1H3,(H,18,19);1H. The Morgan fingerprint density at radius 3 is 2.52 bits per heavy atom. The van der Waals surface area contributed by atoms with E-state index in [-0.39, 0.29) is 42.4 Å². The maximum atomic E-state index is 13.7. The molecule has 1 amide bonds. The number of rotatable bonds is 4. The molecule has 1 aliphatic rings. The van der Waals surface area contributed by atoms with E-state index in [1.165, 1.54) is 18.2 Å². The van der Waals surface area contributed by atoms with Gasteiger partial charge in [-0.2, -0.15) is 0 Å². The summed E-state index contributed by atoms with van der Waals surface area (Å²) in [5, 5.41) is 5.75. The van der Waals surface area contributed by atoms with Gasteiger partial charge in [-0.05, 0) is 38.1 Å². The number of hydrogen-bond acceptors (Lipinski definition) is 4. The quantitative estimate of drug-likeness (QED) is 0.827. The van der Waals surface area contributed by atoms with Gasteiger partial charge in [0.15, 0.2) is 14.6 Å². The minimum atomic E-state index is -3.59. The fourth-order valence-electron chi connectivity index (χ4n) is 2.63. The average molecular weight is 385 g/mol. The van der Waals surface area contributed by atoms with E-state index in [9.17, 15) is 17.6 Å². The lowest BCUT2D eigenvalue weighted by molar-refractivity contribution is -0.124. The van der Waals surface area contributed by atoms with Gasteiger partial charge in [-0.3, -0.25) is 4.79 Å². The highest BCUT2D eigenvalue weighted by Gasteiger charge is 2.48. The number of piperidine rings is 1. The highest BCUT2D eigenvalue weighted by Crippen LogP contribution is 2.28. The second-order valence-electron chi connectivity index (χ2n) is 5.40. The number of amides is 1. The summed E-state index contributed by atoms with van der Waals surface area (Å²) in [6.45, 7) is 0.747. The molecule has 23 heavy (non-hydrogen) atoms. The molecule has 0 aromatic heterocycles. The molecule has 1 aliphatic heterocycles. The van der Waals surface area contributed by atoms with Crippen LogP contribution in [-0.2, 0) is 21.2 Å². The van der Waals surface area contributed by atoms with Crippen molar-refractivity contribution in [1.82, 2.24) is 10.6 Å². The summed E-state index contributed by atoms with van der Waals surface area (Å²) in [7, 11) is -3.59. The molecule has 9 heteroatoms. The predicted octanol–water partition coefficient (Wildman–Crippen LogP) is 1.68. The molecule has 0 aliphatic carbocycles. The van der Waals surface area contributed by atoms with Gasteiger partial charge in [0.05, 0.1) is 0 Å². The van der Waals surface area contributed by atoms with Gasteiger partial charge in [-0.15, -0.1) is 12.4 Å². The van der Waals surface area contributed by atoms with E-state index in [1.807, 2.05) is 0 Å². The Morgan fingerprint density at radius 2 is 2.00 bits per heavy atom. The normalized spacial score (nSPS) is 17.2. The van der Waals surface area contributed by atoms with Crippen molar-refractivity contribution >= 4 is 39.8 Å². The molecular formula is C14H19Cl2FN2O3S. The Kier molecular flexibility index (Phi) is 6.82. The molecule has 0 radical (unpaired) electrons. The van der Waals surface area contributed by atoms with E-state index in [0.29, 0.717) is 13.1 Å². The first kappa shape index (κ1) is 20.2. The van der Waals surface area contributed by atoms with Crippen molar-refractivity contribution in [3.63, 3.8) is 0 Å². The lowest BCUT2D eigenvalue weighted by Crippen LogP contribution is -2.57. The zero-order valence-electron chi connectivity index (χ0n) is 12.6. The summed E-state index contributed by atoms with van der Waals surface area (Å²) >= 11 is 5.90. The van der Waals surface area contributed by atoms with Crippen LogP contribution in [0.4, 0.5) is 4.39 Å². The van der Waals surface area contributed by atoms with Crippen molar-refractivity contribution in [2.45, 2.75) is 24.1 Å². The van der Waals surface area contributed by atoms with Crippen LogP contribution in [0.2, 0.25) is 5.02 Å². The van der Waals surface area contributed by atoms with Crippen molar-refractivity contribution in [3.8, 4) is 0 Å². The van der Waals surface area contributed by atoms with Crippen LogP contribution in [0.15, 0.2) is 18.2 Å².